The normalized spacial score (nSPS) is 14.2. The zero-order valence-electron chi connectivity index (χ0n) is 8.47. The number of halogens is 3. The summed E-state index contributed by atoms with van der Waals surface area (Å²) in [4.78, 5) is 24.1. The summed E-state index contributed by atoms with van der Waals surface area (Å²) in [5, 5.41) is 0. The molecule has 1 aliphatic heterocycles. The molecule has 1 amide bonds. The average molecular weight is 302 g/mol. The Hall–Kier alpha value is -1.56. The first-order valence-corrected chi connectivity index (χ1v) is 5.39. The summed E-state index contributed by atoms with van der Waals surface area (Å²) in [5.41, 5.74) is -0.441. The third-order valence-electron chi connectivity index (χ3n) is 2.32. The second-order valence-corrected chi connectivity index (χ2v) is 4.64. The lowest BCUT2D eigenvalue weighted by atomic mass is 10.1. The van der Waals surface area contributed by atoms with Crippen LogP contribution in [0.1, 0.15) is 10.4 Å². The van der Waals surface area contributed by atoms with Gasteiger partial charge in [-0.2, -0.15) is 0 Å². The van der Waals surface area contributed by atoms with Crippen LogP contribution in [0.5, 0.6) is 0 Å². The number of benzene rings is 1. The molecule has 0 bridgehead atoms. The highest BCUT2D eigenvalue weighted by Gasteiger charge is 2.38. The van der Waals surface area contributed by atoms with Crippen molar-refractivity contribution < 1.29 is 18.4 Å². The molecule has 0 N–H and O–H groups in total. The summed E-state index contributed by atoms with van der Waals surface area (Å²) in [6.45, 7) is 3.51. The molecule has 3 nitrogen and oxygen atoms in total. The van der Waals surface area contributed by atoms with Gasteiger partial charge in [-0.3, -0.25) is 14.5 Å². The number of hydrogen-bond donors (Lipinski definition) is 0. The van der Waals surface area contributed by atoms with E-state index in [0.29, 0.717) is 10.5 Å². The molecule has 1 heterocycles. The van der Waals surface area contributed by atoms with Crippen LogP contribution in [0.15, 0.2) is 23.2 Å². The van der Waals surface area contributed by atoms with Crippen LogP contribution in [0.2, 0.25) is 0 Å². The van der Waals surface area contributed by atoms with Crippen molar-refractivity contribution in [2.45, 2.75) is 0 Å². The third-order valence-corrected chi connectivity index (χ3v) is 2.57. The minimum atomic E-state index is -1.03. The zero-order valence-corrected chi connectivity index (χ0v) is 10.1. The maximum Gasteiger partial charge on any atom is 0.299 e. The minimum Gasteiger partial charge on any atom is -0.300 e. The van der Waals surface area contributed by atoms with Crippen LogP contribution in [-0.2, 0) is 4.79 Å². The maximum atomic E-state index is 13.4. The van der Waals surface area contributed by atoms with Crippen LogP contribution in [0.3, 0.4) is 0 Å². The second-order valence-electron chi connectivity index (χ2n) is 3.52. The Bertz CT molecular complexity index is 557. The highest BCUT2D eigenvalue weighted by molar-refractivity contribution is 9.11. The number of fused-ring (bicyclic) bond motifs is 1. The highest BCUT2D eigenvalue weighted by Crippen LogP contribution is 2.32. The van der Waals surface area contributed by atoms with Crippen molar-refractivity contribution in [2.75, 3.05) is 11.4 Å². The summed E-state index contributed by atoms with van der Waals surface area (Å²) >= 11 is 3.03. The van der Waals surface area contributed by atoms with Gasteiger partial charge >= 0.3 is 0 Å². The van der Waals surface area contributed by atoms with Crippen LogP contribution in [0.25, 0.3) is 0 Å². The van der Waals surface area contributed by atoms with E-state index in [1.165, 1.54) is 0 Å². The van der Waals surface area contributed by atoms with Gasteiger partial charge in [0.2, 0.25) is 0 Å². The van der Waals surface area contributed by atoms with E-state index in [2.05, 4.69) is 22.5 Å². The minimum absolute atomic E-state index is 0.0134. The third kappa shape index (κ3) is 1.88. The van der Waals surface area contributed by atoms with Gasteiger partial charge in [0.05, 0.1) is 17.8 Å². The van der Waals surface area contributed by atoms with Gasteiger partial charge in [-0.15, -0.1) is 0 Å². The molecule has 88 valence electrons. The number of rotatable bonds is 2. The number of carbonyl (C=O) groups is 2. The zero-order chi connectivity index (χ0) is 12.7. The van der Waals surface area contributed by atoms with E-state index in [1.807, 2.05) is 0 Å². The van der Waals surface area contributed by atoms with Crippen LogP contribution in [0, 0.1) is 11.6 Å². The van der Waals surface area contributed by atoms with Crippen LogP contribution >= 0.6 is 15.9 Å². The first-order chi connectivity index (χ1) is 7.91. The van der Waals surface area contributed by atoms with Gasteiger partial charge in [0.25, 0.3) is 11.7 Å². The number of amides is 1. The summed E-state index contributed by atoms with van der Waals surface area (Å²) < 4.78 is 26.9. The number of ketones is 1. The van der Waals surface area contributed by atoms with Gasteiger partial charge in [-0.1, -0.05) is 22.5 Å². The molecule has 0 aromatic heterocycles. The molecule has 0 radical (unpaired) electrons. The van der Waals surface area contributed by atoms with E-state index >= 15 is 0 Å². The molecule has 1 aromatic carbocycles. The topological polar surface area (TPSA) is 37.4 Å². The monoisotopic (exact) mass is 301 g/mol. The average Bonchev–Trinajstić information content (AvgIpc) is 2.42. The van der Waals surface area contributed by atoms with E-state index in [4.69, 9.17) is 0 Å². The standard InChI is InChI=1S/C11H6BrF2NO2/c1-5(12)4-15-8-3-6(13)2-7(14)9(8)10(16)11(15)17/h2-3H,1,4H2. The van der Waals surface area contributed by atoms with Crippen molar-refractivity contribution in [2.24, 2.45) is 0 Å². The molecular formula is C11H6BrF2NO2. The highest BCUT2D eigenvalue weighted by atomic mass is 79.9. The number of hydrogen-bond acceptors (Lipinski definition) is 2. The molecule has 0 unspecified atom stereocenters. The van der Waals surface area contributed by atoms with Gasteiger partial charge in [-0.05, 0) is 6.07 Å². The molecule has 0 fully saturated rings. The molecule has 0 spiro atoms. The van der Waals surface area contributed by atoms with Crippen molar-refractivity contribution >= 4 is 33.3 Å². The van der Waals surface area contributed by atoms with Crippen molar-refractivity contribution in [1.82, 2.24) is 0 Å². The Labute approximate surface area is 104 Å². The predicted octanol–water partition coefficient (Wildman–Crippen LogP) is 2.40. The van der Waals surface area contributed by atoms with E-state index in [-0.39, 0.29) is 17.8 Å². The molecule has 6 heteroatoms. The smallest absolute Gasteiger partial charge is 0.299 e. The van der Waals surface area contributed by atoms with Crippen LogP contribution in [-0.4, -0.2) is 18.2 Å². The molecule has 0 aliphatic carbocycles. The van der Waals surface area contributed by atoms with E-state index < -0.39 is 23.3 Å². The lowest BCUT2D eigenvalue weighted by Gasteiger charge is -2.15. The van der Waals surface area contributed by atoms with Crippen LogP contribution in [0.4, 0.5) is 14.5 Å². The molecule has 0 saturated carbocycles. The summed E-state index contributed by atoms with van der Waals surface area (Å²) in [5.74, 6) is -3.72. The first-order valence-electron chi connectivity index (χ1n) is 4.60. The number of nitrogens with zero attached hydrogens (tertiary/aromatic N) is 1. The van der Waals surface area contributed by atoms with Crippen molar-refractivity contribution in [3.05, 3.63) is 40.4 Å². The van der Waals surface area contributed by atoms with Crippen molar-refractivity contribution in [3.63, 3.8) is 0 Å². The van der Waals surface area contributed by atoms with Gasteiger partial charge in [-0.25, -0.2) is 8.78 Å². The fourth-order valence-corrected chi connectivity index (χ4v) is 1.92. The van der Waals surface area contributed by atoms with Crippen molar-refractivity contribution in [3.8, 4) is 0 Å². The Kier molecular flexibility index (Phi) is 2.82. The Morgan fingerprint density at radius 1 is 1.35 bits per heavy atom. The fraction of sp³-hybridized carbons (Fsp3) is 0.0909. The van der Waals surface area contributed by atoms with Gasteiger partial charge < -0.3 is 0 Å². The van der Waals surface area contributed by atoms with E-state index in [1.54, 1.807) is 0 Å². The second kappa shape index (κ2) is 4.03. The van der Waals surface area contributed by atoms with E-state index in [0.717, 1.165) is 11.0 Å². The molecule has 1 aromatic rings. The summed E-state index contributed by atoms with van der Waals surface area (Å²) in [6, 6.07) is 1.54. The molecule has 17 heavy (non-hydrogen) atoms. The molecular weight excluding hydrogens is 296 g/mol. The molecule has 1 aliphatic rings. The lowest BCUT2D eigenvalue weighted by molar-refractivity contribution is -0.114. The van der Waals surface area contributed by atoms with Gasteiger partial charge in [0.1, 0.15) is 11.6 Å². The first kappa shape index (κ1) is 11.9. The Morgan fingerprint density at radius 2 is 2.00 bits per heavy atom. The number of anilines is 1. The van der Waals surface area contributed by atoms with Crippen molar-refractivity contribution in [1.29, 1.82) is 0 Å². The van der Waals surface area contributed by atoms with Gasteiger partial charge in [0.15, 0.2) is 0 Å². The fourth-order valence-electron chi connectivity index (χ4n) is 1.67. The maximum absolute atomic E-state index is 13.4. The predicted molar refractivity (Wildman–Crippen MR) is 61.1 cm³/mol. The number of carbonyl (C=O) groups excluding carboxylic acids is 2. The van der Waals surface area contributed by atoms with E-state index in [9.17, 15) is 18.4 Å². The molecule has 0 saturated heterocycles. The molecule has 0 atom stereocenters. The van der Waals surface area contributed by atoms with Crippen LogP contribution < -0.4 is 4.90 Å². The quantitative estimate of drug-likeness (QED) is 0.787. The Balaban J connectivity index is 2.59. The SMILES string of the molecule is C=C(Br)CN1C(=O)C(=O)c2c(F)cc(F)cc21. The molecule has 2 rings (SSSR count). The largest absolute Gasteiger partial charge is 0.300 e. The summed E-state index contributed by atoms with van der Waals surface area (Å²) in [6.07, 6.45) is 0. The van der Waals surface area contributed by atoms with Gasteiger partial charge in [0, 0.05) is 10.5 Å². The number of Topliss-reactive ketones (excluding diaryl/α,β-unsaturated/α-hetero) is 1. The lowest BCUT2D eigenvalue weighted by Crippen LogP contribution is -2.30. The summed E-state index contributed by atoms with van der Waals surface area (Å²) in [7, 11) is 0. The Morgan fingerprint density at radius 3 is 2.59 bits per heavy atom.